The van der Waals surface area contributed by atoms with Crippen LogP contribution in [0.5, 0.6) is 5.75 Å². The van der Waals surface area contributed by atoms with Gasteiger partial charge in [-0.2, -0.15) is 5.10 Å². The molecule has 3 nitrogen and oxygen atoms in total. The molecule has 0 spiro atoms. The van der Waals surface area contributed by atoms with Crippen molar-refractivity contribution < 1.29 is 5.11 Å². The largest absolute Gasteiger partial charge is 0.507 e. The lowest BCUT2D eigenvalue weighted by Crippen LogP contribution is -1.89. The van der Waals surface area contributed by atoms with Crippen LogP contribution in [0.25, 0.3) is 11.3 Å². The van der Waals surface area contributed by atoms with E-state index in [0.29, 0.717) is 0 Å². The molecular formula is C10H9BrN2O. The molecule has 1 aromatic heterocycles. The first-order valence-corrected chi connectivity index (χ1v) is 4.95. The molecule has 1 heterocycles. The van der Waals surface area contributed by atoms with Crippen LogP contribution in [0.3, 0.4) is 0 Å². The fourth-order valence-electron chi connectivity index (χ4n) is 1.27. The smallest absolute Gasteiger partial charge is 0.125 e. The van der Waals surface area contributed by atoms with E-state index in [4.69, 9.17) is 0 Å². The number of para-hydroxylation sites is 1. The molecule has 0 saturated heterocycles. The van der Waals surface area contributed by atoms with Crippen LogP contribution in [0.1, 0.15) is 0 Å². The van der Waals surface area contributed by atoms with E-state index in [1.54, 1.807) is 16.8 Å². The summed E-state index contributed by atoms with van der Waals surface area (Å²) in [5.41, 5.74) is 1.51. The Bertz CT molecular complexity index is 445. The maximum absolute atomic E-state index is 9.60. The van der Waals surface area contributed by atoms with Gasteiger partial charge in [-0.05, 0) is 34.1 Å². The van der Waals surface area contributed by atoms with Crippen LogP contribution in [-0.2, 0) is 7.05 Å². The molecule has 0 aliphatic rings. The first-order valence-electron chi connectivity index (χ1n) is 4.16. The van der Waals surface area contributed by atoms with Gasteiger partial charge in [0.2, 0.25) is 0 Å². The third-order valence-corrected chi connectivity index (χ3v) is 2.74. The van der Waals surface area contributed by atoms with E-state index in [-0.39, 0.29) is 5.75 Å². The van der Waals surface area contributed by atoms with Crippen LogP contribution >= 0.6 is 15.9 Å². The van der Waals surface area contributed by atoms with Gasteiger partial charge in [0.15, 0.2) is 0 Å². The van der Waals surface area contributed by atoms with Crippen LogP contribution in [-0.4, -0.2) is 14.9 Å². The molecule has 0 bridgehead atoms. The normalized spacial score (nSPS) is 10.4. The number of nitrogens with zero attached hydrogens (tertiary/aromatic N) is 2. The van der Waals surface area contributed by atoms with E-state index in [0.717, 1.165) is 15.9 Å². The molecule has 1 aromatic carbocycles. The minimum atomic E-state index is 0.248. The molecule has 2 rings (SSSR count). The highest BCUT2D eigenvalue weighted by atomic mass is 79.9. The summed E-state index contributed by atoms with van der Waals surface area (Å²) in [6.45, 7) is 0. The molecule has 1 N–H and O–H groups in total. The number of hydrogen-bond acceptors (Lipinski definition) is 2. The van der Waals surface area contributed by atoms with Gasteiger partial charge < -0.3 is 5.11 Å². The summed E-state index contributed by atoms with van der Waals surface area (Å²) in [6, 6.07) is 9.02. The van der Waals surface area contributed by atoms with E-state index in [9.17, 15) is 5.11 Å². The Kier molecular flexibility index (Phi) is 2.29. The van der Waals surface area contributed by atoms with Gasteiger partial charge in [-0.25, -0.2) is 0 Å². The number of aryl methyl sites for hydroxylation is 1. The van der Waals surface area contributed by atoms with Crippen molar-refractivity contribution >= 4 is 15.9 Å². The number of halogens is 1. The van der Waals surface area contributed by atoms with Crippen molar-refractivity contribution in [2.45, 2.75) is 0 Å². The zero-order valence-electron chi connectivity index (χ0n) is 7.61. The third kappa shape index (κ3) is 1.53. The van der Waals surface area contributed by atoms with Crippen molar-refractivity contribution in [3.8, 4) is 17.0 Å². The average molecular weight is 253 g/mol. The van der Waals surface area contributed by atoms with E-state index in [1.165, 1.54) is 0 Å². The Labute approximate surface area is 90.1 Å². The maximum atomic E-state index is 9.60. The zero-order chi connectivity index (χ0) is 10.1. The summed E-state index contributed by atoms with van der Waals surface area (Å²) in [5.74, 6) is 0.248. The number of aromatic hydroxyl groups is 1. The van der Waals surface area contributed by atoms with Crippen LogP contribution in [0.15, 0.2) is 34.9 Å². The second-order valence-electron chi connectivity index (χ2n) is 2.99. The summed E-state index contributed by atoms with van der Waals surface area (Å²) < 4.78 is 2.60. The number of rotatable bonds is 1. The van der Waals surface area contributed by atoms with Gasteiger partial charge in [0.05, 0.1) is 5.69 Å². The van der Waals surface area contributed by atoms with Gasteiger partial charge in [-0.3, -0.25) is 4.68 Å². The third-order valence-electron chi connectivity index (χ3n) is 2.00. The molecule has 0 aliphatic heterocycles. The molecule has 0 fully saturated rings. The van der Waals surface area contributed by atoms with Crippen molar-refractivity contribution in [3.63, 3.8) is 0 Å². The standard InChI is InChI=1S/C10H9BrN2O/c1-13-10(11)6-8(12-13)7-4-2-3-5-9(7)14/h2-6,14H,1H3. The summed E-state index contributed by atoms with van der Waals surface area (Å²) >= 11 is 3.36. The first-order chi connectivity index (χ1) is 6.68. The van der Waals surface area contributed by atoms with E-state index >= 15 is 0 Å². The molecule has 0 saturated carbocycles. The summed E-state index contributed by atoms with van der Waals surface area (Å²) in [5, 5.41) is 13.9. The molecular weight excluding hydrogens is 244 g/mol. The lowest BCUT2D eigenvalue weighted by Gasteiger charge is -1.98. The van der Waals surface area contributed by atoms with Crippen molar-refractivity contribution in [1.82, 2.24) is 9.78 Å². The first kappa shape index (κ1) is 9.27. The van der Waals surface area contributed by atoms with Gasteiger partial charge in [0, 0.05) is 12.6 Å². The predicted octanol–water partition coefficient (Wildman–Crippen LogP) is 2.56. The van der Waals surface area contributed by atoms with E-state index in [1.807, 2.05) is 25.2 Å². The molecule has 0 aliphatic carbocycles. The fraction of sp³-hybridized carbons (Fsp3) is 0.100. The minimum absolute atomic E-state index is 0.248. The highest BCUT2D eigenvalue weighted by molar-refractivity contribution is 9.10. The summed E-state index contributed by atoms with van der Waals surface area (Å²) in [6.07, 6.45) is 0. The number of aromatic nitrogens is 2. The second-order valence-corrected chi connectivity index (χ2v) is 3.81. The van der Waals surface area contributed by atoms with Gasteiger partial charge in [0.1, 0.15) is 10.4 Å². The Morgan fingerprint density at radius 3 is 2.64 bits per heavy atom. The molecule has 2 aromatic rings. The average Bonchev–Trinajstić information content (AvgIpc) is 2.48. The Balaban J connectivity index is 2.55. The molecule has 72 valence electrons. The van der Waals surface area contributed by atoms with Crippen molar-refractivity contribution in [3.05, 3.63) is 34.9 Å². The molecule has 4 heteroatoms. The summed E-state index contributed by atoms with van der Waals surface area (Å²) in [7, 11) is 1.84. The second kappa shape index (κ2) is 3.46. The molecule has 0 atom stereocenters. The molecule has 14 heavy (non-hydrogen) atoms. The van der Waals surface area contributed by atoms with Crippen LogP contribution < -0.4 is 0 Å². The van der Waals surface area contributed by atoms with Crippen molar-refractivity contribution in [2.24, 2.45) is 7.05 Å². The highest BCUT2D eigenvalue weighted by Crippen LogP contribution is 2.28. The summed E-state index contributed by atoms with van der Waals surface area (Å²) in [4.78, 5) is 0. The van der Waals surface area contributed by atoms with Crippen molar-refractivity contribution in [2.75, 3.05) is 0 Å². The Hall–Kier alpha value is -1.29. The van der Waals surface area contributed by atoms with Crippen LogP contribution in [0.2, 0.25) is 0 Å². The Morgan fingerprint density at radius 1 is 1.36 bits per heavy atom. The van der Waals surface area contributed by atoms with E-state index < -0.39 is 0 Å². The molecule has 0 unspecified atom stereocenters. The SMILES string of the molecule is Cn1nc(-c2ccccc2O)cc1Br. The van der Waals surface area contributed by atoms with Gasteiger partial charge in [-0.1, -0.05) is 12.1 Å². The monoisotopic (exact) mass is 252 g/mol. The number of phenolic OH excluding ortho intramolecular Hbond substituents is 1. The molecule has 0 radical (unpaired) electrons. The zero-order valence-corrected chi connectivity index (χ0v) is 9.19. The quantitative estimate of drug-likeness (QED) is 0.848. The number of hydrogen-bond donors (Lipinski definition) is 1. The maximum Gasteiger partial charge on any atom is 0.125 e. The fourth-order valence-corrected chi connectivity index (χ4v) is 1.56. The highest BCUT2D eigenvalue weighted by Gasteiger charge is 2.08. The Morgan fingerprint density at radius 2 is 2.07 bits per heavy atom. The molecule has 0 amide bonds. The number of phenols is 1. The van der Waals surface area contributed by atoms with E-state index in [2.05, 4.69) is 21.0 Å². The van der Waals surface area contributed by atoms with Crippen LogP contribution in [0.4, 0.5) is 0 Å². The topological polar surface area (TPSA) is 38.0 Å². The lowest BCUT2D eigenvalue weighted by molar-refractivity contribution is 0.477. The van der Waals surface area contributed by atoms with Gasteiger partial charge >= 0.3 is 0 Å². The predicted molar refractivity (Wildman–Crippen MR) is 58.0 cm³/mol. The van der Waals surface area contributed by atoms with Crippen LogP contribution in [0, 0.1) is 0 Å². The van der Waals surface area contributed by atoms with Gasteiger partial charge in [-0.15, -0.1) is 0 Å². The van der Waals surface area contributed by atoms with Crippen molar-refractivity contribution in [1.29, 1.82) is 0 Å². The minimum Gasteiger partial charge on any atom is -0.507 e. The lowest BCUT2D eigenvalue weighted by atomic mass is 10.1. The number of benzene rings is 1. The van der Waals surface area contributed by atoms with Gasteiger partial charge in [0.25, 0.3) is 0 Å².